The van der Waals surface area contributed by atoms with Crippen LogP contribution >= 0.6 is 0 Å². The van der Waals surface area contributed by atoms with Crippen LogP contribution in [0.25, 0.3) is 0 Å². The lowest BCUT2D eigenvalue weighted by atomic mass is 10.0. The second kappa shape index (κ2) is 17.7. The molecule has 2 fully saturated rings. The van der Waals surface area contributed by atoms with Gasteiger partial charge in [-0.25, -0.2) is 0 Å². The Kier molecular flexibility index (Phi) is 15.6. The van der Waals surface area contributed by atoms with Crippen molar-refractivity contribution in [3.8, 4) is 0 Å². The van der Waals surface area contributed by atoms with Crippen LogP contribution in [0.15, 0.2) is 0 Å². The average molecular weight is 437 g/mol. The van der Waals surface area contributed by atoms with Crippen molar-refractivity contribution in [2.24, 2.45) is 0 Å². The van der Waals surface area contributed by atoms with Gasteiger partial charge in [-0.15, -0.1) is 0 Å². The van der Waals surface area contributed by atoms with Gasteiger partial charge in [-0.05, 0) is 24.1 Å². The van der Waals surface area contributed by atoms with Gasteiger partial charge in [0.2, 0.25) is 0 Å². The van der Waals surface area contributed by atoms with Gasteiger partial charge in [0.25, 0.3) is 0 Å². The van der Waals surface area contributed by atoms with Crippen molar-refractivity contribution < 1.29 is 4.43 Å². The third-order valence-corrected chi connectivity index (χ3v) is 13.4. The van der Waals surface area contributed by atoms with Gasteiger partial charge in [-0.1, -0.05) is 148 Å². The van der Waals surface area contributed by atoms with E-state index < -0.39 is 8.32 Å². The van der Waals surface area contributed by atoms with Crippen LogP contribution in [0, 0.1) is 0 Å². The normalized spacial score (nSPS) is 23.9. The summed E-state index contributed by atoms with van der Waals surface area (Å²) in [6, 6.07) is 2.99. The molecular formula is C28H56OSi. The Balaban J connectivity index is 1.50. The van der Waals surface area contributed by atoms with E-state index >= 15 is 0 Å². The van der Waals surface area contributed by atoms with E-state index in [1.54, 1.807) is 0 Å². The van der Waals surface area contributed by atoms with E-state index in [-0.39, 0.29) is 0 Å². The molecule has 1 aliphatic heterocycles. The van der Waals surface area contributed by atoms with Crippen molar-refractivity contribution in [2.45, 2.75) is 172 Å². The summed E-state index contributed by atoms with van der Waals surface area (Å²) in [6.07, 6.45) is 33.8. The number of hydrogen-bond donors (Lipinski definition) is 0. The molecule has 178 valence electrons. The van der Waals surface area contributed by atoms with Gasteiger partial charge in [-0.2, -0.15) is 0 Å². The first-order chi connectivity index (χ1) is 14.9. The topological polar surface area (TPSA) is 9.23 Å². The lowest BCUT2D eigenvalue weighted by Crippen LogP contribution is -2.46. The van der Waals surface area contributed by atoms with Crippen molar-refractivity contribution in [3.63, 3.8) is 0 Å². The monoisotopic (exact) mass is 436 g/mol. The van der Waals surface area contributed by atoms with E-state index in [1.807, 2.05) is 0 Å². The molecule has 0 aromatic heterocycles. The molecule has 1 unspecified atom stereocenters. The van der Waals surface area contributed by atoms with Crippen LogP contribution in [0.5, 0.6) is 0 Å². The van der Waals surface area contributed by atoms with Crippen molar-refractivity contribution in [1.29, 1.82) is 0 Å². The van der Waals surface area contributed by atoms with E-state index in [0.29, 0.717) is 0 Å². The highest BCUT2D eigenvalue weighted by Crippen LogP contribution is 2.44. The lowest BCUT2D eigenvalue weighted by Gasteiger charge is -2.42. The third kappa shape index (κ3) is 11.2. The summed E-state index contributed by atoms with van der Waals surface area (Å²) >= 11 is 0. The second-order valence-electron chi connectivity index (χ2n) is 10.8. The molecule has 2 aliphatic rings. The Hall–Kier alpha value is 0.177. The van der Waals surface area contributed by atoms with Crippen LogP contribution < -0.4 is 0 Å². The van der Waals surface area contributed by atoms with Gasteiger partial charge in [-0.3, -0.25) is 0 Å². The minimum absolute atomic E-state index is 1.00. The summed E-state index contributed by atoms with van der Waals surface area (Å²) in [5, 5.41) is 0. The van der Waals surface area contributed by atoms with Crippen LogP contribution in [-0.4, -0.2) is 14.9 Å². The first-order valence-corrected chi connectivity index (χ1v) is 16.9. The van der Waals surface area contributed by atoms with Gasteiger partial charge in [0, 0.05) is 6.61 Å². The Labute approximate surface area is 191 Å². The first-order valence-electron chi connectivity index (χ1n) is 14.5. The summed E-state index contributed by atoms with van der Waals surface area (Å²) < 4.78 is 6.75. The molecule has 30 heavy (non-hydrogen) atoms. The van der Waals surface area contributed by atoms with Crippen LogP contribution in [0.2, 0.25) is 17.6 Å². The largest absolute Gasteiger partial charge is 0.417 e. The Morgan fingerprint density at radius 2 is 1.07 bits per heavy atom. The van der Waals surface area contributed by atoms with Crippen LogP contribution in [0.4, 0.5) is 0 Å². The fourth-order valence-electron chi connectivity index (χ4n) is 6.20. The second-order valence-corrected chi connectivity index (χ2v) is 15.0. The van der Waals surface area contributed by atoms with Gasteiger partial charge in [0.1, 0.15) is 0 Å². The van der Waals surface area contributed by atoms with Crippen LogP contribution in [0.3, 0.4) is 0 Å². The zero-order valence-electron chi connectivity index (χ0n) is 20.9. The van der Waals surface area contributed by atoms with Crippen LogP contribution in [-0.2, 0) is 4.43 Å². The zero-order valence-corrected chi connectivity index (χ0v) is 21.9. The van der Waals surface area contributed by atoms with E-state index in [9.17, 15) is 0 Å². The Morgan fingerprint density at radius 1 is 0.567 bits per heavy atom. The number of unbranched alkanes of at least 4 members (excludes halogenated alkanes) is 13. The Bertz CT molecular complexity index is 369. The minimum Gasteiger partial charge on any atom is -0.417 e. The van der Waals surface area contributed by atoms with Gasteiger partial charge < -0.3 is 4.43 Å². The molecule has 1 nitrogen and oxygen atoms in total. The van der Waals surface area contributed by atoms with Crippen LogP contribution in [0.1, 0.15) is 155 Å². The molecule has 2 heteroatoms. The molecule has 1 aliphatic carbocycles. The smallest absolute Gasteiger partial charge is 0.195 e. The molecule has 2 rings (SSSR count). The summed E-state index contributed by atoms with van der Waals surface area (Å²) in [5.74, 6) is 0. The highest BCUT2D eigenvalue weighted by atomic mass is 28.4. The van der Waals surface area contributed by atoms with E-state index in [0.717, 1.165) is 12.1 Å². The molecule has 1 heterocycles. The maximum Gasteiger partial charge on any atom is 0.195 e. The van der Waals surface area contributed by atoms with Crippen molar-refractivity contribution in [2.75, 3.05) is 6.61 Å². The minimum atomic E-state index is -1.44. The van der Waals surface area contributed by atoms with Crippen molar-refractivity contribution in [1.82, 2.24) is 0 Å². The van der Waals surface area contributed by atoms with Gasteiger partial charge >= 0.3 is 0 Å². The third-order valence-electron chi connectivity index (χ3n) is 8.19. The number of hydrogen-bond acceptors (Lipinski definition) is 1. The molecule has 0 aromatic rings. The summed E-state index contributed by atoms with van der Waals surface area (Å²) in [6.45, 7) is 3.41. The summed E-state index contributed by atoms with van der Waals surface area (Å²) in [5.41, 5.74) is 1.00. The molecule has 0 amide bonds. The summed E-state index contributed by atoms with van der Waals surface area (Å²) in [7, 11) is -1.44. The molecule has 0 spiro atoms. The molecular weight excluding hydrogens is 380 g/mol. The SMILES string of the molecule is CCCCCCCCCCCCCCCC[Si]1(C2CCCCCCC2)CCCCO1. The molecule has 0 aromatic carbocycles. The maximum atomic E-state index is 6.75. The fraction of sp³-hybridized carbons (Fsp3) is 1.00. The zero-order chi connectivity index (χ0) is 21.2. The average Bonchev–Trinajstić information content (AvgIpc) is 2.74. The lowest BCUT2D eigenvalue weighted by molar-refractivity contribution is 0.248. The molecule has 0 N–H and O–H groups in total. The predicted molar refractivity (Wildman–Crippen MR) is 137 cm³/mol. The molecule has 1 atom stereocenters. The van der Waals surface area contributed by atoms with Gasteiger partial charge in [0.15, 0.2) is 8.32 Å². The quantitative estimate of drug-likeness (QED) is 0.173. The van der Waals surface area contributed by atoms with E-state index in [1.165, 1.54) is 160 Å². The maximum absolute atomic E-state index is 6.75. The van der Waals surface area contributed by atoms with Crippen molar-refractivity contribution >= 4 is 8.32 Å². The predicted octanol–water partition coefficient (Wildman–Crippen LogP) is 10.3. The van der Waals surface area contributed by atoms with E-state index in [2.05, 4.69) is 6.92 Å². The van der Waals surface area contributed by atoms with Crippen molar-refractivity contribution in [3.05, 3.63) is 0 Å². The molecule has 0 radical (unpaired) electrons. The Morgan fingerprint density at radius 3 is 1.57 bits per heavy atom. The standard InChI is InChI=1S/C28H56OSi/c1-2-3-4-5-6-7-8-9-10-11-12-13-17-21-26-30(27-22-20-25-29-30)28-23-18-15-14-16-19-24-28/h28H,2-27H2,1H3. The van der Waals surface area contributed by atoms with Gasteiger partial charge in [0.05, 0.1) is 0 Å². The fourth-order valence-corrected chi connectivity index (χ4v) is 11.5. The molecule has 1 saturated heterocycles. The summed E-state index contributed by atoms with van der Waals surface area (Å²) in [4.78, 5) is 0. The number of rotatable bonds is 16. The highest BCUT2D eigenvalue weighted by Gasteiger charge is 2.43. The molecule has 1 saturated carbocycles. The highest BCUT2D eigenvalue weighted by molar-refractivity contribution is 6.75. The molecule has 0 bridgehead atoms. The first kappa shape index (κ1) is 26.4. The van der Waals surface area contributed by atoms with E-state index in [4.69, 9.17) is 4.43 Å².